The van der Waals surface area contributed by atoms with E-state index in [1.165, 1.54) is 6.07 Å². The maximum Gasteiger partial charge on any atom is 0.123 e. The van der Waals surface area contributed by atoms with Gasteiger partial charge in [0.25, 0.3) is 0 Å². The highest BCUT2D eigenvalue weighted by molar-refractivity contribution is 5.35. The van der Waals surface area contributed by atoms with Gasteiger partial charge in [-0.2, -0.15) is 0 Å². The van der Waals surface area contributed by atoms with Crippen LogP contribution in [0.1, 0.15) is 26.3 Å². The van der Waals surface area contributed by atoms with Crippen LogP contribution >= 0.6 is 0 Å². The van der Waals surface area contributed by atoms with Crippen molar-refractivity contribution in [2.24, 2.45) is 5.92 Å². The van der Waals surface area contributed by atoms with Gasteiger partial charge in [0.2, 0.25) is 0 Å². The van der Waals surface area contributed by atoms with Gasteiger partial charge in [0, 0.05) is 0 Å². The Labute approximate surface area is 84.9 Å². The molecule has 1 aromatic carbocycles. The first-order valence-corrected chi connectivity index (χ1v) is 5.17. The molecule has 14 heavy (non-hydrogen) atoms. The van der Waals surface area contributed by atoms with Crippen LogP contribution in [0.2, 0.25) is 0 Å². The number of benzene rings is 1. The van der Waals surface area contributed by atoms with Crippen molar-refractivity contribution in [3.63, 3.8) is 0 Å². The molecule has 0 spiro atoms. The van der Waals surface area contributed by atoms with Gasteiger partial charge in [0.1, 0.15) is 11.6 Å². The lowest BCUT2D eigenvalue weighted by Gasteiger charge is -2.22. The summed E-state index contributed by atoms with van der Waals surface area (Å²) in [6.45, 7) is 6.85. The monoisotopic (exact) mass is 196 g/mol. The predicted molar refractivity (Wildman–Crippen MR) is 56.1 cm³/mol. The van der Waals surface area contributed by atoms with Crippen LogP contribution in [0, 0.1) is 11.7 Å². The van der Waals surface area contributed by atoms with Gasteiger partial charge < -0.3 is 4.74 Å². The third kappa shape index (κ3) is 2.47. The second-order valence-electron chi connectivity index (χ2n) is 3.37. The molecule has 0 radical (unpaired) electrons. The molecule has 1 atom stereocenters. The molecule has 1 unspecified atom stereocenters. The van der Waals surface area contributed by atoms with Crippen molar-refractivity contribution in [2.45, 2.75) is 27.2 Å². The van der Waals surface area contributed by atoms with Gasteiger partial charge in [-0.05, 0) is 36.1 Å². The largest absolute Gasteiger partial charge is 0.493 e. The van der Waals surface area contributed by atoms with Gasteiger partial charge in [0.05, 0.1) is 6.61 Å². The lowest BCUT2D eigenvalue weighted by molar-refractivity contribution is 0.233. The number of fused-ring (bicyclic) bond motifs is 1. The average Bonchev–Trinajstić information content (AvgIpc) is 2.20. The summed E-state index contributed by atoms with van der Waals surface area (Å²) < 4.78 is 18.2. The van der Waals surface area contributed by atoms with E-state index in [0.717, 1.165) is 24.3 Å². The van der Waals surface area contributed by atoms with Crippen molar-refractivity contribution >= 4 is 0 Å². The van der Waals surface area contributed by atoms with E-state index in [4.69, 9.17) is 4.74 Å². The highest BCUT2D eigenvalue weighted by Gasteiger charge is 2.15. The maximum atomic E-state index is 12.8. The standard InChI is InChI=1S/C10H11FO.C2H6/c1-7-4-8-5-9(11)2-3-10(8)12-6-7;1-2/h2-3,5,7H,4,6H2,1H3;1-2H3. The molecule has 0 saturated heterocycles. The molecule has 1 aromatic rings. The van der Waals surface area contributed by atoms with Crippen molar-refractivity contribution in [3.8, 4) is 5.75 Å². The second-order valence-corrected chi connectivity index (χ2v) is 3.37. The van der Waals surface area contributed by atoms with E-state index in [2.05, 4.69) is 6.92 Å². The Morgan fingerprint density at radius 3 is 2.79 bits per heavy atom. The number of ether oxygens (including phenoxy) is 1. The summed E-state index contributed by atoms with van der Waals surface area (Å²) in [6, 6.07) is 4.70. The maximum absolute atomic E-state index is 12.8. The van der Waals surface area contributed by atoms with E-state index in [0.29, 0.717) is 5.92 Å². The van der Waals surface area contributed by atoms with E-state index in [-0.39, 0.29) is 5.82 Å². The van der Waals surface area contributed by atoms with Crippen LogP contribution in [0.3, 0.4) is 0 Å². The first kappa shape index (κ1) is 11.0. The SMILES string of the molecule is CC.CC1COc2ccc(F)cc2C1. The average molecular weight is 196 g/mol. The molecule has 0 fully saturated rings. The van der Waals surface area contributed by atoms with E-state index < -0.39 is 0 Å². The number of hydrogen-bond acceptors (Lipinski definition) is 1. The Balaban J connectivity index is 0.000000461. The molecule has 2 heteroatoms. The van der Waals surface area contributed by atoms with Gasteiger partial charge in [-0.25, -0.2) is 4.39 Å². The van der Waals surface area contributed by atoms with Crippen LogP contribution in [0.4, 0.5) is 4.39 Å². The van der Waals surface area contributed by atoms with Crippen LogP contribution in [-0.2, 0) is 6.42 Å². The van der Waals surface area contributed by atoms with Crippen LogP contribution in [-0.4, -0.2) is 6.61 Å². The number of halogens is 1. The predicted octanol–water partition coefficient (Wildman–Crippen LogP) is 3.42. The Hall–Kier alpha value is -1.05. The van der Waals surface area contributed by atoms with Gasteiger partial charge in [-0.3, -0.25) is 0 Å². The van der Waals surface area contributed by atoms with E-state index >= 15 is 0 Å². The minimum Gasteiger partial charge on any atom is -0.493 e. The van der Waals surface area contributed by atoms with Crippen molar-refractivity contribution in [2.75, 3.05) is 6.61 Å². The molecule has 0 amide bonds. The zero-order valence-corrected chi connectivity index (χ0v) is 9.01. The van der Waals surface area contributed by atoms with Gasteiger partial charge in [-0.1, -0.05) is 20.8 Å². The molecule has 78 valence electrons. The van der Waals surface area contributed by atoms with Crippen LogP contribution in [0.15, 0.2) is 18.2 Å². The fourth-order valence-electron chi connectivity index (χ4n) is 1.51. The Bertz CT molecular complexity index is 296. The highest BCUT2D eigenvalue weighted by Crippen LogP contribution is 2.27. The molecule has 1 nitrogen and oxygen atoms in total. The van der Waals surface area contributed by atoms with Crippen molar-refractivity contribution in [1.29, 1.82) is 0 Å². The Morgan fingerprint density at radius 1 is 1.36 bits per heavy atom. The zero-order valence-electron chi connectivity index (χ0n) is 9.01. The summed E-state index contributed by atoms with van der Waals surface area (Å²) in [7, 11) is 0. The number of rotatable bonds is 0. The quantitative estimate of drug-likeness (QED) is 0.617. The second kappa shape index (κ2) is 4.99. The van der Waals surface area contributed by atoms with Crippen molar-refractivity contribution in [3.05, 3.63) is 29.6 Å². The topological polar surface area (TPSA) is 9.23 Å². The molecule has 1 aliphatic heterocycles. The van der Waals surface area contributed by atoms with Gasteiger partial charge >= 0.3 is 0 Å². The van der Waals surface area contributed by atoms with Gasteiger partial charge in [0.15, 0.2) is 0 Å². The summed E-state index contributed by atoms with van der Waals surface area (Å²) in [5.74, 6) is 1.17. The fourth-order valence-corrected chi connectivity index (χ4v) is 1.51. The fraction of sp³-hybridized carbons (Fsp3) is 0.500. The first-order valence-electron chi connectivity index (χ1n) is 5.17. The lowest BCUT2D eigenvalue weighted by atomic mass is 9.98. The van der Waals surface area contributed by atoms with Crippen LogP contribution < -0.4 is 4.74 Å². The van der Waals surface area contributed by atoms with Crippen LogP contribution in [0.5, 0.6) is 5.75 Å². The molecule has 2 rings (SSSR count). The minimum absolute atomic E-state index is 0.175. The van der Waals surface area contributed by atoms with E-state index in [1.807, 2.05) is 13.8 Å². The molecule has 0 bridgehead atoms. The number of hydrogen-bond donors (Lipinski definition) is 0. The molecule has 0 aromatic heterocycles. The summed E-state index contributed by atoms with van der Waals surface area (Å²) in [5, 5.41) is 0. The first-order chi connectivity index (χ1) is 6.75. The molecule has 1 aliphatic rings. The third-order valence-corrected chi connectivity index (χ3v) is 2.11. The third-order valence-electron chi connectivity index (χ3n) is 2.11. The zero-order chi connectivity index (χ0) is 10.6. The van der Waals surface area contributed by atoms with Crippen molar-refractivity contribution in [1.82, 2.24) is 0 Å². The Morgan fingerprint density at radius 2 is 2.07 bits per heavy atom. The highest BCUT2D eigenvalue weighted by atomic mass is 19.1. The molecule has 0 aliphatic carbocycles. The molecular formula is C12H17FO. The molecular weight excluding hydrogens is 179 g/mol. The van der Waals surface area contributed by atoms with Gasteiger partial charge in [-0.15, -0.1) is 0 Å². The molecule has 0 saturated carbocycles. The summed E-state index contributed by atoms with van der Waals surface area (Å²) in [4.78, 5) is 0. The Kier molecular flexibility index (Phi) is 3.93. The van der Waals surface area contributed by atoms with Crippen LogP contribution in [0.25, 0.3) is 0 Å². The minimum atomic E-state index is -0.175. The lowest BCUT2D eigenvalue weighted by Crippen LogP contribution is -2.17. The summed E-state index contributed by atoms with van der Waals surface area (Å²) in [5.41, 5.74) is 0.994. The van der Waals surface area contributed by atoms with E-state index in [1.54, 1.807) is 12.1 Å². The summed E-state index contributed by atoms with van der Waals surface area (Å²) in [6.07, 6.45) is 0.924. The summed E-state index contributed by atoms with van der Waals surface area (Å²) >= 11 is 0. The van der Waals surface area contributed by atoms with E-state index in [9.17, 15) is 4.39 Å². The normalized spacial score (nSPS) is 18.7. The molecule has 1 heterocycles. The molecule has 0 N–H and O–H groups in total. The van der Waals surface area contributed by atoms with Crippen molar-refractivity contribution < 1.29 is 9.13 Å². The smallest absolute Gasteiger partial charge is 0.123 e.